The fraction of sp³-hybridized carbons (Fsp3) is 0.286. The fourth-order valence-electron chi connectivity index (χ4n) is 1.77. The molecule has 6 heteroatoms. The minimum Gasteiger partial charge on any atom is -0.467 e. The third-order valence-electron chi connectivity index (χ3n) is 2.78. The number of anilines is 1. The Labute approximate surface area is 122 Å². The summed E-state index contributed by atoms with van der Waals surface area (Å²) in [6.07, 6.45) is 3.03. The summed E-state index contributed by atoms with van der Waals surface area (Å²) < 4.78 is 5.25. The Hall–Kier alpha value is -2.01. The van der Waals surface area contributed by atoms with Gasteiger partial charge in [-0.3, -0.25) is 4.79 Å². The van der Waals surface area contributed by atoms with Crippen LogP contribution < -0.4 is 10.6 Å². The van der Waals surface area contributed by atoms with Crippen LogP contribution in [-0.4, -0.2) is 17.4 Å². The van der Waals surface area contributed by atoms with Crippen molar-refractivity contribution in [1.82, 2.24) is 10.3 Å². The number of carbonyl (C=O) groups excluding carboxylic acids is 1. The van der Waals surface area contributed by atoms with Crippen molar-refractivity contribution in [2.24, 2.45) is 0 Å². The van der Waals surface area contributed by atoms with Gasteiger partial charge in [-0.1, -0.05) is 11.6 Å². The number of hydrogen-bond donors (Lipinski definition) is 2. The predicted molar refractivity (Wildman–Crippen MR) is 78.0 cm³/mol. The molecule has 0 bridgehead atoms. The van der Waals surface area contributed by atoms with Gasteiger partial charge in [0.25, 0.3) is 5.91 Å². The maximum atomic E-state index is 12.2. The van der Waals surface area contributed by atoms with Crippen molar-refractivity contribution in [3.05, 3.63) is 47.0 Å². The molecule has 2 aromatic heterocycles. The number of nitrogens with zero attached hydrogens (tertiary/aromatic N) is 1. The van der Waals surface area contributed by atoms with Gasteiger partial charge >= 0.3 is 0 Å². The van der Waals surface area contributed by atoms with Crippen molar-refractivity contribution in [1.29, 1.82) is 0 Å². The van der Waals surface area contributed by atoms with Crippen LogP contribution in [0.3, 0.4) is 0 Å². The second-order valence-electron chi connectivity index (χ2n) is 4.29. The molecule has 20 heavy (non-hydrogen) atoms. The number of aromatic nitrogens is 1. The molecule has 0 spiro atoms. The van der Waals surface area contributed by atoms with E-state index in [9.17, 15) is 4.79 Å². The van der Waals surface area contributed by atoms with Gasteiger partial charge in [0.15, 0.2) is 0 Å². The first kappa shape index (κ1) is 14.4. The van der Waals surface area contributed by atoms with Gasteiger partial charge in [0.05, 0.1) is 22.9 Å². The lowest BCUT2D eigenvalue weighted by Gasteiger charge is -2.13. The lowest BCUT2D eigenvalue weighted by molar-refractivity contribution is 0.0935. The Kier molecular flexibility index (Phi) is 4.63. The molecule has 1 amide bonds. The first-order valence-electron chi connectivity index (χ1n) is 6.35. The van der Waals surface area contributed by atoms with Gasteiger partial charge in [-0.25, -0.2) is 4.98 Å². The van der Waals surface area contributed by atoms with Crippen LogP contribution in [0.15, 0.2) is 35.1 Å². The maximum Gasteiger partial charge on any atom is 0.253 e. The highest BCUT2D eigenvalue weighted by Crippen LogP contribution is 2.20. The zero-order valence-corrected chi connectivity index (χ0v) is 12.1. The molecule has 0 aliphatic carbocycles. The van der Waals surface area contributed by atoms with Crippen LogP contribution in [0, 0.1) is 0 Å². The summed E-state index contributed by atoms with van der Waals surface area (Å²) in [5.41, 5.74) is 0.385. The van der Waals surface area contributed by atoms with E-state index in [2.05, 4.69) is 15.6 Å². The lowest BCUT2D eigenvalue weighted by Crippen LogP contribution is -2.26. The summed E-state index contributed by atoms with van der Waals surface area (Å²) in [6, 6.07) is 4.99. The molecule has 0 fully saturated rings. The second-order valence-corrected chi connectivity index (χ2v) is 4.70. The van der Waals surface area contributed by atoms with Gasteiger partial charge in [-0.2, -0.15) is 0 Å². The van der Waals surface area contributed by atoms with E-state index in [1.165, 1.54) is 6.20 Å². The number of furan rings is 1. The standard InChI is InChI=1S/C14H16ClN3O2/c1-3-16-13-7-10(11(15)8-17-13)14(19)18-9(2)12-5-4-6-20-12/h4-9H,3H2,1-2H3,(H,16,17)(H,18,19). The van der Waals surface area contributed by atoms with Crippen LogP contribution >= 0.6 is 11.6 Å². The van der Waals surface area contributed by atoms with Crippen LogP contribution in [0.4, 0.5) is 5.82 Å². The Bertz CT molecular complexity index is 584. The van der Waals surface area contributed by atoms with Gasteiger partial charge in [-0.05, 0) is 32.0 Å². The second kappa shape index (κ2) is 6.43. The van der Waals surface area contributed by atoms with Gasteiger partial charge in [0, 0.05) is 12.7 Å². The summed E-state index contributed by atoms with van der Waals surface area (Å²) in [6.45, 7) is 4.52. The van der Waals surface area contributed by atoms with E-state index in [4.69, 9.17) is 16.0 Å². The van der Waals surface area contributed by atoms with Gasteiger partial charge in [0.1, 0.15) is 11.6 Å². The predicted octanol–water partition coefficient (Wildman–Crippen LogP) is 3.25. The summed E-state index contributed by atoms with van der Waals surface area (Å²) >= 11 is 6.03. The number of halogens is 1. The van der Waals surface area contributed by atoms with E-state index in [1.807, 2.05) is 19.9 Å². The zero-order chi connectivity index (χ0) is 14.5. The lowest BCUT2D eigenvalue weighted by atomic mass is 10.2. The molecule has 1 unspecified atom stereocenters. The molecule has 0 aromatic carbocycles. The summed E-state index contributed by atoms with van der Waals surface area (Å²) in [7, 11) is 0. The molecular weight excluding hydrogens is 278 g/mol. The molecule has 5 nitrogen and oxygen atoms in total. The monoisotopic (exact) mass is 293 g/mol. The normalized spacial score (nSPS) is 11.9. The zero-order valence-electron chi connectivity index (χ0n) is 11.3. The summed E-state index contributed by atoms with van der Waals surface area (Å²) in [5.74, 6) is 1.04. The summed E-state index contributed by atoms with van der Waals surface area (Å²) in [4.78, 5) is 16.3. The molecule has 106 valence electrons. The Balaban J connectivity index is 2.14. The first-order valence-corrected chi connectivity index (χ1v) is 6.73. The number of hydrogen-bond acceptors (Lipinski definition) is 4. The topological polar surface area (TPSA) is 67.2 Å². The smallest absolute Gasteiger partial charge is 0.253 e. The molecule has 2 heterocycles. The van der Waals surface area contributed by atoms with Crippen LogP contribution in [0.5, 0.6) is 0 Å². The van der Waals surface area contributed by atoms with E-state index in [0.717, 1.165) is 6.54 Å². The minimum atomic E-state index is -0.263. The average Bonchev–Trinajstić information content (AvgIpc) is 2.95. The quantitative estimate of drug-likeness (QED) is 0.888. The van der Waals surface area contributed by atoms with Crippen molar-refractivity contribution >= 4 is 23.3 Å². The molecule has 2 N–H and O–H groups in total. The van der Waals surface area contributed by atoms with E-state index in [1.54, 1.807) is 18.4 Å². The van der Waals surface area contributed by atoms with E-state index in [0.29, 0.717) is 22.2 Å². The van der Waals surface area contributed by atoms with Crippen LogP contribution in [0.1, 0.15) is 36.0 Å². The molecule has 0 saturated heterocycles. The third-order valence-corrected chi connectivity index (χ3v) is 3.08. The number of nitrogens with one attached hydrogen (secondary N) is 2. The SMILES string of the molecule is CCNc1cc(C(=O)NC(C)c2ccco2)c(Cl)cn1. The molecule has 1 atom stereocenters. The van der Waals surface area contributed by atoms with Crippen molar-refractivity contribution < 1.29 is 9.21 Å². The molecule has 0 aliphatic rings. The van der Waals surface area contributed by atoms with Gasteiger partial charge in [0.2, 0.25) is 0 Å². The molecule has 0 radical (unpaired) electrons. The highest BCUT2D eigenvalue weighted by Gasteiger charge is 2.16. The highest BCUT2D eigenvalue weighted by molar-refractivity contribution is 6.33. The maximum absolute atomic E-state index is 12.2. The fourth-order valence-corrected chi connectivity index (χ4v) is 1.96. The van der Waals surface area contributed by atoms with Gasteiger partial charge < -0.3 is 15.1 Å². The van der Waals surface area contributed by atoms with E-state index >= 15 is 0 Å². The number of pyridine rings is 1. The Morgan fingerprint density at radius 2 is 2.35 bits per heavy atom. The van der Waals surface area contributed by atoms with Crippen LogP contribution in [0.25, 0.3) is 0 Å². The summed E-state index contributed by atoms with van der Waals surface area (Å²) in [5, 5.41) is 6.19. The molecule has 0 saturated carbocycles. The van der Waals surface area contributed by atoms with Crippen LogP contribution in [-0.2, 0) is 0 Å². The Morgan fingerprint density at radius 3 is 3.00 bits per heavy atom. The number of carbonyl (C=O) groups is 1. The highest BCUT2D eigenvalue weighted by atomic mass is 35.5. The minimum absolute atomic E-state index is 0.232. The molecule has 0 aliphatic heterocycles. The van der Waals surface area contributed by atoms with Crippen molar-refractivity contribution in [2.75, 3.05) is 11.9 Å². The van der Waals surface area contributed by atoms with Gasteiger partial charge in [-0.15, -0.1) is 0 Å². The van der Waals surface area contributed by atoms with E-state index in [-0.39, 0.29) is 11.9 Å². The number of rotatable bonds is 5. The van der Waals surface area contributed by atoms with Crippen molar-refractivity contribution in [3.8, 4) is 0 Å². The van der Waals surface area contributed by atoms with Crippen LogP contribution in [0.2, 0.25) is 5.02 Å². The number of amides is 1. The molecule has 2 aromatic rings. The molecular formula is C14H16ClN3O2. The van der Waals surface area contributed by atoms with Crippen molar-refractivity contribution in [2.45, 2.75) is 19.9 Å². The third kappa shape index (κ3) is 3.30. The Morgan fingerprint density at radius 1 is 1.55 bits per heavy atom. The molecule has 2 rings (SSSR count). The first-order chi connectivity index (χ1) is 9.61. The average molecular weight is 294 g/mol. The largest absolute Gasteiger partial charge is 0.467 e. The van der Waals surface area contributed by atoms with E-state index < -0.39 is 0 Å². The van der Waals surface area contributed by atoms with Crippen molar-refractivity contribution in [3.63, 3.8) is 0 Å².